The van der Waals surface area contributed by atoms with E-state index in [1.807, 2.05) is 24.3 Å². The van der Waals surface area contributed by atoms with Crippen LogP contribution in [-0.2, 0) is 0 Å². The summed E-state index contributed by atoms with van der Waals surface area (Å²) < 4.78 is 5.20. The molecule has 0 amide bonds. The fraction of sp³-hybridized carbons (Fsp3) is 0.333. The standard InChI is InChI=1S/C18H20ClN5O/c1-25-13-4-2-12(3-5-13)17-23-16-15(14(19)10-22-18(16)24-17)21-9-11-6-7-20-8-11/h2-5,10-11,20H,6-9H2,1H3,(H2,21,22,23,24). The van der Waals surface area contributed by atoms with Crippen molar-refractivity contribution in [3.8, 4) is 17.1 Å². The second-order valence-electron chi connectivity index (χ2n) is 6.23. The Kier molecular flexibility index (Phi) is 4.46. The Morgan fingerprint density at radius 3 is 2.88 bits per heavy atom. The topological polar surface area (TPSA) is 74.9 Å². The van der Waals surface area contributed by atoms with Crippen molar-refractivity contribution in [1.29, 1.82) is 0 Å². The molecule has 2 aromatic heterocycles. The van der Waals surface area contributed by atoms with Crippen LogP contribution in [-0.4, -0.2) is 41.7 Å². The van der Waals surface area contributed by atoms with Gasteiger partial charge in [0.2, 0.25) is 0 Å². The van der Waals surface area contributed by atoms with E-state index in [-0.39, 0.29) is 0 Å². The molecular weight excluding hydrogens is 338 g/mol. The second kappa shape index (κ2) is 6.90. The molecule has 1 aliphatic heterocycles. The van der Waals surface area contributed by atoms with E-state index in [1.165, 1.54) is 6.42 Å². The molecule has 1 atom stereocenters. The minimum Gasteiger partial charge on any atom is -0.497 e. The molecule has 6 nitrogen and oxygen atoms in total. The van der Waals surface area contributed by atoms with Gasteiger partial charge in [0.25, 0.3) is 0 Å². The van der Waals surface area contributed by atoms with Crippen molar-refractivity contribution >= 4 is 28.5 Å². The predicted molar refractivity (Wildman–Crippen MR) is 100 cm³/mol. The third-order valence-electron chi connectivity index (χ3n) is 4.57. The van der Waals surface area contributed by atoms with Gasteiger partial charge in [-0.25, -0.2) is 9.97 Å². The number of hydrogen-bond donors (Lipinski definition) is 3. The van der Waals surface area contributed by atoms with Crippen LogP contribution in [0.25, 0.3) is 22.6 Å². The summed E-state index contributed by atoms with van der Waals surface area (Å²) in [4.78, 5) is 12.3. The number of imidazole rings is 1. The summed E-state index contributed by atoms with van der Waals surface area (Å²) in [7, 11) is 1.65. The number of benzene rings is 1. The fourth-order valence-corrected chi connectivity index (χ4v) is 3.34. The average Bonchev–Trinajstić information content (AvgIpc) is 3.30. The maximum atomic E-state index is 6.38. The Balaban J connectivity index is 1.65. The molecule has 1 unspecified atom stereocenters. The van der Waals surface area contributed by atoms with Crippen LogP contribution >= 0.6 is 11.6 Å². The van der Waals surface area contributed by atoms with Gasteiger partial charge in [-0.3, -0.25) is 0 Å². The number of anilines is 1. The second-order valence-corrected chi connectivity index (χ2v) is 6.64. The summed E-state index contributed by atoms with van der Waals surface area (Å²) in [6.07, 6.45) is 2.83. The van der Waals surface area contributed by atoms with Crippen molar-refractivity contribution in [3.05, 3.63) is 35.5 Å². The zero-order valence-corrected chi connectivity index (χ0v) is 14.7. The lowest BCUT2D eigenvalue weighted by atomic mass is 10.1. The van der Waals surface area contributed by atoms with Crippen LogP contribution in [0.2, 0.25) is 5.02 Å². The molecule has 1 aromatic carbocycles. The SMILES string of the molecule is COc1ccc(-c2nc3ncc(Cl)c(NCC4CCNC4)c3[nH]2)cc1. The van der Waals surface area contributed by atoms with Crippen LogP contribution < -0.4 is 15.4 Å². The largest absolute Gasteiger partial charge is 0.497 e. The first-order valence-corrected chi connectivity index (χ1v) is 8.75. The Hall–Kier alpha value is -2.31. The van der Waals surface area contributed by atoms with Gasteiger partial charge in [0.05, 0.1) is 24.0 Å². The minimum atomic E-state index is 0.600. The van der Waals surface area contributed by atoms with Crippen LogP contribution in [0.3, 0.4) is 0 Å². The van der Waals surface area contributed by atoms with E-state index in [0.29, 0.717) is 16.6 Å². The molecule has 130 valence electrons. The minimum absolute atomic E-state index is 0.600. The fourth-order valence-electron chi connectivity index (χ4n) is 3.13. The number of hydrogen-bond acceptors (Lipinski definition) is 5. The Labute approximate surface area is 151 Å². The maximum Gasteiger partial charge on any atom is 0.180 e. The molecular formula is C18H20ClN5O. The number of H-pyrrole nitrogens is 1. The van der Waals surface area contributed by atoms with Gasteiger partial charge < -0.3 is 20.4 Å². The number of fused-ring (bicyclic) bond motifs is 1. The number of aromatic amines is 1. The van der Waals surface area contributed by atoms with E-state index in [4.69, 9.17) is 16.3 Å². The van der Waals surface area contributed by atoms with E-state index >= 15 is 0 Å². The summed E-state index contributed by atoms with van der Waals surface area (Å²) in [5, 5.41) is 7.46. The highest BCUT2D eigenvalue weighted by atomic mass is 35.5. The molecule has 7 heteroatoms. The van der Waals surface area contributed by atoms with Gasteiger partial charge in [0.15, 0.2) is 5.65 Å². The summed E-state index contributed by atoms with van der Waals surface area (Å²) >= 11 is 6.38. The van der Waals surface area contributed by atoms with Crippen LogP contribution in [0.5, 0.6) is 5.75 Å². The highest BCUT2D eigenvalue weighted by molar-refractivity contribution is 6.34. The monoisotopic (exact) mass is 357 g/mol. The number of nitrogens with zero attached hydrogens (tertiary/aromatic N) is 2. The van der Waals surface area contributed by atoms with Crippen LogP contribution in [0.4, 0.5) is 5.69 Å². The first-order chi connectivity index (χ1) is 12.2. The number of aromatic nitrogens is 3. The summed E-state index contributed by atoms with van der Waals surface area (Å²) in [5.41, 5.74) is 3.33. The molecule has 1 saturated heterocycles. The van der Waals surface area contributed by atoms with E-state index in [0.717, 1.165) is 48.0 Å². The van der Waals surface area contributed by atoms with Gasteiger partial charge in [0, 0.05) is 12.1 Å². The molecule has 1 fully saturated rings. The molecule has 0 radical (unpaired) electrons. The van der Waals surface area contributed by atoms with Crippen molar-refractivity contribution in [3.63, 3.8) is 0 Å². The van der Waals surface area contributed by atoms with E-state index in [2.05, 4.69) is 25.6 Å². The van der Waals surface area contributed by atoms with Crippen LogP contribution in [0, 0.1) is 5.92 Å². The Bertz CT molecular complexity index is 871. The number of nitrogens with one attached hydrogen (secondary N) is 3. The zero-order chi connectivity index (χ0) is 17.2. The summed E-state index contributed by atoms with van der Waals surface area (Å²) in [5.74, 6) is 2.19. The summed E-state index contributed by atoms with van der Waals surface area (Å²) in [6, 6.07) is 7.76. The van der Waals surface area contributed by atoms with Gasteiger partial charge in [-0.1, -0.05) is 11.6 Å². The molecule has 0 spiro atoms. The third-order valence-corrected chi connectivity index (χ3v) is 4.85. The number of halogens is 1. The molecule has 4 rings (SSSR count). The van der Waals surface area contributed by atoms with Gasteiger partial charge in [-0.15, -0.1) is 0 Å². The zero-order valence-electron chi connectivity index (χ0n) is 14.0. The predicted octanol–water partition coefficient (Wildman–Crippen LogP) is 3.31. The maximum absolute atomic E-state index is 6.38. The van der Waals surface area contributed by atoms with E-state index in [1.54, 1.807) is 13.3 Å². The van der Waals surface area contributed by atoms with Gasteiger partial charge in [0.1, 0.15) is 17.1 Å². The van der Waals surface area contributed by atoms with Crippen molar-refractivity contribution in [2.45, 2.75) is 6.42 Å². The highest BCUT2D eigenvalue weighted by Crippen LogP contribution is 2.31. The number of methoxy groups -OCH3 is 1. The highest BCUT2D eigenvalue weighted by Gasteiger charge is 2.17. The van der Waals surface area contributed by atoms with Crippen LogP contribution in [0.15, 0.2) is 30.5 Å². The van der Waals surface area contributed by atoms with Crippen molar-refractivity contribution in [1.82, 2.24) is 20.3 Å². The molecule has 1 aliphatic rings. The summed E-state index contributed by atoms with van der Waals surface area (Å²) in [6.45, 7) is 3.00. The van der Waals surface area contributed by atoms with Crippen molar-refractivity contribution in [2.75, 3.05) is 32.1 Å². The van der Waals surface area contributed by atoms with Gasteiger partial charge in [-0.2, -0.15) is 0 Å². The Morgan fingerprint density at radius 1 is 1.32 bits per heavy atom. The average molecular weight is 358 g/mol. The number of pyridine rings is 1. The van der Waals surface area contributed by atoms with Crippen LogP contribution in [0.1, 0.15) is 6.42 Å². The number of ether oxygens (including phenoxy) is 1. The van der Waals surface area contributed by atoms with Crippen molar-refractivity contribution in [2.24, 2.45) is 5.92 Å². The van der Waals surface area contributed by atoms with E-state index in [9.17, 15) is 0 Å². The van der Waals surface area contributed by atoms with E-state index < -0.39 is 0 Å². The smallest absolute Gasteiger partial charge is 0.180 e. The number of rotatable bonds is 5. The Morgan fingerprint density at radius 2 is 2.16 bits per heavy atom. The first kappa shape index (κ1) is 16.2. The lowest BCUT2D eigenvalue weighted by Gasteiger charge is -2.12. The molecule has 3 heterocycles. The van der Waals surface area contributed by atoms with Gasteiger partial charge >= 0.3 is 0 Å². The third kappa shape index (κ3) is 3.27. The lowest BCUT2D eigenvalue weighted by Crippen LogP contribution is -2.17. The molecule has 25 heavy (non-hydrogen) atoms. The molecule has 0 bridgehead atoms. The normalized spacial score (nSPS) is 17.1. The lowest BCUT2D eigenvalue weighted by molar-refractivity contribution is 0.415. The molecule has 0 aliphatic carbocycles. The quantitative estimate of drug-likeness (QED) is 0.653. The molecule has 0 saturated carbocycles. The molecule has 3 aromatic rings. The van der Waals surface area contributed by atoms with Crippen molar-refractivity contribution < 1.29 is 4.74 Å². The van der Waals surface area contributed by atoms with Gasteiger partial charge in [-0.05, 0) is 49.7 Å². The first-order valence-electron chi connectivity index (χ1n) is 8.38. The molecule has 3 N–H and O–H groups in total.